The van der Waals surface area contributed by atoms with E-state index in [9.17, 15) is 4.79 Å². The number of hydrogen-bond acceptors (Lipinski definition) is 3. The first-order valence-corrected chi connectivity index (χ1v) is 8.14. The van der Waals surface area contributed by atoms with Gasteiger partial charge in [-0.25, -0.2) is 0 Å². The highest BCUT2D eigenvalue weighted by Crippen LogP contribution is 2.26. The summed E-state index contributed by atoms with van der Waals surface area (Å²) in [7, 11) is 5.58. The molecule has 0 fully saturated rings. The number of likely N-dealkylation sites (N-methyl/N-ethyl adjacent to an activating group) is 1. The van der Waals surface area contributed by atoms with Gasteiger partial charge < -0.3 is 15.0 Å². The average Bonchev–Trinajstić information content (AvgIpc) is 2.54. The Hall–Kier alpha value is -1.85. The van der Waals surface area contributed by atoms with Gasteiger partial charge in [-0.05, 0) is 53.8 Å². The van der Waals surface area contributed by atoms with Crippen LogP contribution in [0.4, 0.5) is 0 Å². The van der Waals surface area contributed by atoms with Crippen LogP contribution in [0.5, 0.6) is 5.75 Å². The van der Waals surface area contributed by atoms with Gasteiger partial charge in [-0.2, -0.15) is 0 Å². The van der Waals surface area contributed by atoms with Crippen LogP contribution in [0, 0.1) is 0 Å². The van der Waals surface area contributed by atoms with E-state index in [1.165, 1.54) is 0 Å². The second-order valence-electron chi connectivity index (χ2n) is 5.55. The second kappa shape index (κ2) is 8.13. The Morgan fingerprint density at radius 2 is 1.91 bits per heavy atom. The van der Waals surface area contributed by atoms with E-state index in [-0.39, 0.29) is 11.9 Å². The molecule has 0 aliphatic rings. The Bertz CT molecular complexity index is 659. The molecule has 5 heteroatoms. The lowest BCUT2D eigenvalue weighted by Crippen LogP contribution is -2.35. The Labute approximate surface area is 145 Å². The number of carbonyl (C=O) groups excluding carboxylic acids is 1. The van der Waals surface area contributed by atoms with Crippen LogP contribution in [0.15, 0.2) is 53.0 Å². The van der Waals surface area contributed by atoms with Crippen LogP contribution in [0.2, 0.25) is 0 Å². The fourth-order valence-electron chi connectivity index (χ4n) is 2.33. The fourth-order valence-corrected chi connectivity index (χ4v) is 2.87. The van der Waals surface area contributed by atoms with E-state index in [4.69, 9.17) is 4.74 Å². The second-order valence-corrected chi connectivity index (χ2v) is 6.40. The van der Waals surface area contributed by atoms with Gasteiger partial charge in [0.25, 0.3) is 5.91 Å². The summed E-state index contributed by atoms with van der Waals surface area (Å²) in [6.45, 7) is 0.729. The number of nitrogens with zero attached hydrogens (tertiary/aromatic N) is 1. The van der Waals surface area contributed by atoms with E-state index in [2.05, 4.69) is 26.1 Å². The summed E-state index contributed by atoms with van der Waals surface area (Å²) in [6.07, 6.45) is 0. The van der Waals surface area contributed by atoms with Crippen LogP contribution in [-0.4, -0.2) is 38.6 Å². The zero-order valence-electron chi connectivity index (χ0n) is 13.5. The number of methoxy groups -OCH3 is 1. The van der Waals surface area contributed by atoms with Crippen molar-refractivity contribution in [3.05, 3.63) is 64.1 Å². The zero-order valence-corrected chi connectivity index (χ0v) is 15.1. The molecular weight excluding hydrogens is 356 g/mol. The maximum atomic E-state index is 12.6. The molecule has 23 heavy (non-hydrogen) atoms. The maximum absolute atomic E-state index is 12.6. The lowest BCUT2D eigenvalue weighted by molar-refractivity contribution is 0.0930. The number of ether oxygens (including phenoxy) is 1. The normalized spacial score (nSPS) is 12.0. The predicted molar refractivity (Wildman–Crippen MR) is 95.9 cm³/mol. The highest BCUT2D eigenvalue weighted by Gasteiger charge is 2.17. The van der Waals surface area contributed by atoms with Crippen molar-refractivity contribution in [2.45, 2.75) is 6.04 Å². The van der Waals surface area contributed by atoms with E-state index >= 15 is 0 Å². The highest BCUT2D eigenvalue weighted by molar-refractivity contribution is 9.10. The molecule has 1 atom stereocenters. The fraction of sp³-hybridized carbons (Fsp3) is 0.278. The number of halogens is 1. The molecule has 0 bridgehead atoms. The maximum Gasteiger partial charge on any atom is 0.251 e. The van der Waals surface area contributed by atoms with Gasteiger partial charge in [-0.15, -0.1) is 0 Å². The molecule has 1 unspecified atom stereocenters. The summed E-state index contributed by atoms with van der Waals surface area (Å²) in [5.41, 5.74) is 1.68. The third kappa shape index (κ3) is 4.81. The third-order valence-electron chi connectivity index (χ3n) is 3.47. The summed E-state index contributed by atoms with van der Waals surface area (Å²) < 4.78 is 5.96. The van der Waals surface area contributed by atoms with Gasteiger partial charge in [-0.3, -0.25) is 4.79 Å². The largest absolute Gasteiger partial charge is 0.496 e. The van der Waals surface area contributed by atoms with Crippen LogP contribution >= 0.6 is 15.9 Å². The van der Waals surface area contributed by atoms with Crippen LogP contribution < -0.4 is 10.1 Å². The first-order valence-electron chi connectivity index (χ1n) is 7.35. The van der Waals surface area contributed by atoms with E-state index < -0.39 is 0 Å². The van der Waals surface area contributed by atoms with Gasteiger partial charge in [0.2, 0.25) is 0 Å². The van der Waals surface area contributed by atoms with Crippen LogP contribution in [0.3, 0.4) is 0 Å². The molecule has 0 aromatic heterocycles. The van der Waals surface area contributed by atoms with Crippen molar-refractivity contribution >= 4 is 21.8 Å². The minimum Gasteiger partial charge on any atom is -0.496 e. The van der Waals surface area contributed by atoms with Crippen molar-refractivity contribution in [3.63, 3.8) is 0 Å². The van der Waals surface area contributed by atoms with Crippen LogP contribution in [0.25, 0.3) is 0 Å². The molecule has 1 amide bonds. The van der Waals surface area contributed by atoms with Crippen LogP contribution in [0.1, 0.15) is 22.0 Å². The lowest BCUT2D eigenvalue weighted by Gasteiger charge is -2.23. The number of nitrogens with one attached hydrogen (secondary N) is 1. The number of hydrogen-bond donors (Lipinski definition) is 1. The lowest BCUT2D eigenvalue weighted by atomic mass is 10.1. The minimum absolute atomic E-state index is 0.0698. The highest BCUT2D eigenvalue weighted by atomic mass is 79.9. The van der Waals surface area contributed by atoms with Gasteiger partial charge in [0.15, 0.2) is 0 Å². The first kappa shape index (κ1) is 17.5. The molecule has 0 spiro atoms. The SMILES string of the molecule is COc1ccc(C(=O)NC(CN(C)C)c2ccccc2)cc1Br. The predicted octanol–water partition coefficient (Wildman–Crippen LogP) is 3.49. The summed E-state index contributed by atoms with van der Waals surface area (Å²) in [4.78, 5) is 14.6. The molecule has 122 valence electrons. The van der Waals surface area contributed by atoms with Crippen molar-refractivity contribution in [2.24, 2.45) is 0 Å². The van der Waals surface area contributed by atoms with E-state index in [1.54, 1.807) is 25.3 Å². The van der Waals surface area contributed by atoms with Crippen molar-refractivity contribution in [1.82, 2.24) is 10.2 Å². The minimum atomic E-state index is -0.107. The van der Waals surface area contributed by atoms with Gasteiger partial charge in [0.1, 0.15) is 5.75 Å². The molecule has 0 radical (unpaired) electrons. The smallest absolute Gasteiger partial charge is 0.251 e. The summed E-state index contributed by atoms with van der Waals surface area (Å²) in [6, 6.07) is 15.2. The molecule has 0 saturated heterocycles. The van der Waals surface area contributed by atoms with Crippen molar-refractivity contribution in [1.29, 1.82) is 0 Å². The number of carbonyl (C=O) groups is 1. The van der Waals surface area contributed by atoms with Gasteiger partial charge in [-0.1, -0.05) is 30.3 Å². The molecule has 0 saturated carbocycles. The molecule has 2 aromatic carbocycles. The quantitative estimate of drug-likeness (QED) is 0.838. The Balaban J connectivity index is 2.19. The molecule has 2 rings (SSSR count). The van der Waals surface area contributed by atoms with Crippen molar-refractivity contribution in [3.8, 4) is 5.75 Å². The Morgan fingerprint density at radius 1 is 1.22 bits per heavy atom. The van der Waals surface area contributed by atoms with Crippen molar-refractivity contribution in [2.75, 3.05) is 27.7 Å². The Morgan fingerprint density at radius 3 is 2.48 bits per heavy atom. The number of rotatable bonds is 6. The van der Waals surface area contributed by atoms with Crippen molar-refractivity contribution < 1.29 is 9.53 Å². The topological polar surface area (TPSA) is 41.6 Å². The monoisotopic (exact) mass is 376 g/mol. The molecule has 2 aromatic rings. The summed E-state index contributed by atoms with van der Waals surface area (Å²) >= 11 is 3.41. The van der Waals surface area contributed by atoms with Crippen LogP contribution in [-0.2, 0) is 0 Å². The van der Waals surface area contributed by atoms with E-state index in [0.29, 0.717) is 11.3 Å². The molecule has 1 N–H and O–H groups in total. The first-order chi connectivity index (χ1) is 11.0. The number of benzene rings is 2. The van der Waals surface area contributed by atoms with E-state index in [0.717, 1.165) is 16.6 Å². The van der Waals surface area contributed by atoms with Gasteiger partial charge in [0.05, 0.1) is 17.6 Å². The van der Waals surface area contributed by atoms with Gasteiger partial charge >= 0.3 is 0 Å². The molecule has 0 heterocycles. The Kier molecular flexibility index (Phi) is 6.19. The number of amides is 1. The van der Waals surface area contributed by atoms with E-state index in [1.807, 2.05) is 44.4 Å². The molecule has 0 aliphatic carbocycles. The third-order valence-corrected chi connectivity index (χ3v) is 4.09. The van der Waals surface area contributed by atoms with Gasteiger partial charge in [0, 0.05) is 12.1 Å². The standard InChI is InChI=1S/C18H21BrN2O2/c1-21(2)12-16(13-7-5-4-6-8-13)20-18(22)14-9-10-17(23-3)15(19)11-14/h4-11,16H,12H2,1-3H3,(H,20,22). The zero-order chi connectivity index (χ0) is 16.8. The molecule has 4 nitrogen and oxygen atoms in total. The molecule has 0 aliphatic heterocycles. The summed E-state index contributed by atoms with van der Waals surface area (Å²) in [5, 5.41) is 3.10. The summed E-state index contributed by atoms with van der Waals surface area (Å²) in [5.74, 6) is 0.596. The average molecular weight is 377 g/mol. The molecular formula is C18H21BrN2O2.